The number of pyridine rings is 1. The molecule has 2 rings (SSSR count). The van der Waals surface area contributed by atoms with E-state index >= 15 is 0 Å². The van der Waals surface area contributed by atoms with Crippen LogP contribution in [0.5, 0.6) is 0 Å². The van der Waals surface area contributed by atoms with E-state index in [1.807, 2.05) is 0 Å². The summed E-state index contributed by atoms with van der Waals surface area (Å²) in [6.45, 7) is -0.971. The minimum atomic E-state index is -4.53. The van der Waals surface area contributed by atoms with Gasteiger partial charge in [0.25, 0.3) is 0 Å². The van der Waals surface area contributed by atoms with Gasteiger partial charge in [-0.3, -0.25) is 10.1 Å². The average molecular weight is 245 g/mol. The van der Waals surface area contributed by atoms with Gasteiger partial charge in [-0.05, 0) is 12.1 Å². The minimum Gasteiger partial charge on any atom is -0.284 e. The molecular formula is C10H11N3O2S. The summed E-state index contributed by atoms with van der Waals surface area (Å²) in [6, 6.07) is 4.76. The lowest BCUT2D eigenvalue weighted by Crippen LogP contribution is -2.04. The van der Waals surface area contributed by atoms with E-state index < -0.39 is 33.5 Å². The molecule has 0 saturated carbocycles. The number of hydrogen-bond acceptors (Lipinski definition) is 4. The second kappa shape index (κ2) is 4.05. The first-order valence-electron chi connectivity index (χ1n) is 6.52. The topological polar surface area (TPSA) is 75.7 Å². The maximum absolute atomic E-state index is 12.3. The Balaban J connectivity index is 2.68. The van der Waals surface area contributed by atoms with Gasteiger partial charge in [0, 0.05) is 16.5 Å². The lowest BCUT2D eigenvalue weighted by molar-refractivity contribution is 0.597. The zero-order valence-corrected chi connectivity index (χ0v) is 8.95. The molecule has 0 saturated heterocycles. The van der Waals surface area contributed by atoms with E-state index in [4.69, 9.17) is 5.48 Å². The SMILES string of the molecule is [3H]CC([3H])([3H])S(=O)(=O)c1c(-c2ccccn2)n[nH]c1[3H]. The fraction of sp³-hybridized carbons (Fsp3) is 0.200. The Morgan fingerprint density at radius 2 is 2.50 bits per heavy atom. The lowest BCUT2D eigenvalue weighted by atomic mass is 10.3. The van der Waals surface area contributed by atoms with E-state index in [0.717, 1.165) is 0 Å². The molecule has 16 heavy (non-hydrogen) atoms. The van der Waals surface area contributed by atoms with Gasteiger partial charge in [-0.25, -0.2) is 8.42 Å². The standard InChI is InChI=1S/C10H11N3O2S/c1-2-16(14,15)9-7-12-13-10(9)8-5-3-4-6-11-8/h3-7H,2H2,1H3,(H,12,13)/i1T,2T2,7T. The molecule has 1 N–H and O–H groups in total. The van der Waals surface area contributed by atoms with Gasteiger partial charge in [0.15, 0.2) is 9.84 Å². The molecule has 5 nitrogen and oxygen atoms in total. The van der Waals surface area contributed by atoms with Crippen molar-refractivity contribution in [2.45, 2.75) is 11.8 Å². The molecule has 0 fully saturated rings. The fourth-order valence-corrected chi connectivity index (χ4v) is 1.92. The summed E-state index contributed by atoms with van der Waals surface area (Å²) in [7, 11) is -4.53. The highest BCUT2D eigenvalue weighted by molar-refractivity contribution is 7.91. The molecule has 0 aliphatic carbocycles. The molecule has 0 spiro atoms. The number of rotatable bonds is 3. The zero-order chi connectivity index (χ0) is 15.0. The molecule has 0 radical (unpaired) electrons. The van der Waals surface area contributed by atoms with Gasteiger partial charge in [-0.15, -0.1) is 0 Å². The first kappa shape index (κ1) is 6.80. The fourth-order valence-electron chi connectivity index (χ4n) is 1.19. The van der Waals surface area contributed by atoms with Crippen LogP contribution in [-0.2, 0) is 9.84 Å². The summed E-state index contributed by atoms with van der Waals surface area (Å²) in [4.78, 5) is 3.37. The van der Waals surface area contributed by atoms with Crippen LogP contribution >= 0.6 is 0 Å². The van der Waals surface area contributed by atoms with Crippen LogP contribution in [-0.4, -0.2) is 29.3 Å². The average Bonchev–Trinajstić information content (AvgIpc) is 2.82. The van der Waals surface area contributed by atoms with Gasteiger partial charge < -0.3 is 0 Å². The van der Waals surface area contributed by atoms with Crippen molar-refractivity contribution in [3.05, 3.63) is 30.6 Å². The first-order chi connectivity index (χ1) is 9.31. The maximum Gasteiger partial charge on any atom is 0.181 e. The smallest absolute Gasteiger partial charge is 0.181 e. The maximum atomic E-state index is 12.3. The number of nitrogens with zero attached hydrogens (tertiary/aromatic N) is 2. The predicted octanol–water partition coefficient (Wildman–Crippen LogP) is 1.27. The van der Waals surface area contributed by atoms with Crippen molar-refractivity contribution in [1.82, 2.24) is 15.2 Å². The van der Waals surface area contributed by atoms with Gasteiger partial charge >= 0.3 is 0 Å². The Kier molecular flexibility index (Phi) is 1.72. The van der Waals surface area contributed by atoms with Crippen LogP contribution in [0.25, 0.3) is 11.4 Å². The van der Waals surface area contributed by atoms with Crippen molar-refractivity contribution >= 4 is 9.84 Å². The van der Waals surface area contributed by atoms with Crippen molar-refractivity contribution in [2.75, 3.05) is 5.70 Å². The van der Waals surface area contributed by atoms with E-state index in [1.54, 1.807) is 12.1 Å². The third-order valence-corrected chi connectivity index (χ3v) is 3.13. The molecule has 0 aliphatic rings. The Morgan fingerprint density at radius 1 is 1.62 bits per heavy atom. The number of sulfone groups is 1. The van der Waals surface area contributed by atoms with E-state index in [2.05, 4.69) is 15.2 Å². The van der Waals surface area contributed by atoms with E-state index in [9.17, 15) is 8.42 Å². The van der Waals surface area contributed by atoms with Gasteiger partial charge in [-0.1, -0.05) is 13.0 Å². The highest BCUT2D eigenvalue weighted by Gasteiger charge is 2.20. The minimum absolute atomic E-state index is 0.118. The Bertz CT molecular complexity index is 715. The van der Waals surface area contributed by atoms with Crippen molar-refractivity contribution in [3.63, 3.8) is 0 Å². The zero-order valence-electron chi connectivity index (χ0n) is 12.1. The van der Waals surface area contributed by atoms with Crippen LogP contribution < -0.4 is 0 Å². The van der Waals surface area contributed by atoms with Gasteiger partial charge in [-0.2, -0.15) is 5.10 Å². The molecule has 0 amide bonds. The van der Waals surface area contributed by atoms with Gasteiger partial charge in [0.2, 0.25) is 0 Å². The van der Waals surface area contributed by atoms with E-state index in [-0.39, 0.29) is 11.4 Å². The quantitative estimate of drug-likeness (QED) is 0.883. The number of nitrogens with one attached hydrogen (secondary N) is 1. The number of aromatic amines is 1. The third kappa shape index (κ3) is 1.83. The largest absolute Gasteiger partial charge is 0.284 e. The van der Waals surface area contributed by atoms with Gasteiger partial charge in [0.05, 0.1) is 12.8 Å². The number of hydrogen-bond donors (Lipinski definition) is 1. The highest BCUT2D eigenvalue weighted by atomic mass is 32.2. The number of aromatic nitrogens is 3. The molecule has 2 heterocycles. The molecule has 0 atom stereocenters. The van der Waals surface area contributed by atoms with E-state index in [1.165, 1.54) is 12.3 Å². The van der Waals surface area contributed by atoms with Crippen LogP contribution in [0.15, 0.2) is 35.5 Å². The molecular weight excluding hydrogens is 226 g/mol. The van der Waals surface area contributed by atoms with Crippen molar-refractivity contribution in [3.8, 4) is 11.4 Å². The summed E-state index contributed by atoms with van der Waals surface area (Å²) in [6.07, 6.45) is 0.909. The van der Waals surface area contributed by atoms with Crippen LogP contribution in [0.3, 0.4) is 0 Å². The van der Waals surface area contributed by atoms with Crippen molar-refractivity contribution in [2.24, 2.45) is 0 Å². The Hall–Kier alpha value is -1.69. The summed E-state index contributed by atoms with van der Waals surface area (Å²) < 4.78 is 54.1. The molecule has 84 valence electrons. The highest BCUT2D eigenvalue weighted by Crippen LogP contribution is 2.23. The molecule has 0 aliphatic heterocycles. The second-order valence-corrected chi connectivity index (χ2v) is 4.59. The van der Waals surface area contributed by atoms with Gasteiger partial charge in [0.1, 0.15) is 10.6 Å². The van der Waals surface area contributed by atoms with Crippen LogP contribution in [0, 0.1) is 0 Å². The summed E-state index contributed by atoms with van der Waals surface area (Å²) in [5.41, 5.74) is -2.70. The summed E-state index contributed by atoms with van der Waals surface area (Å²) >= 11 is 0. The van der Waals surface area contributed by atoms with Crippen LogP contribution in [0.4, 0.5) is 0 Å². The second-order valence-electron chi connectivity index (χ2n) is 2.89. The molecule has 0 aromatic carbocycles. The monoisotopic (exact) mass is 245 g/mol. The van der Waals surface area contributed by atoms with Crippen molar-refractivity contribution in [1.29, 1.82) is 0 Å². The molecule has 2 aromatic rings. The Morgan fingerprint density at radius 3 is 3.19 bits per heavy atom. The van der Waals surface area contributed by atoms with E-state index in [0.29, 0.717) is 0 Å². The molecule has 6 heteroatoms. The number of H-pyrrole nitrogens is 1. The Labute approximate surface area is 99.1 Å². The third-order valence-electron chi connectivity index (χ3n) is 1.92. The molecule has 0 bridgehead atoms. The van der Waals surface area contributed by atoms with Crippen LogP contribution in [0.2, 0.25) is 0 Å². The first-order valence-corrected chi connectivity index (χ1v) is 5.80. The molecule has 0 unspecified atom stereocenters. The summed E-state index contributed by atoms with van der Waals surface area (Å²) in [5.74, 6) is 0. The van der Waals surface area contributed by atoms with Crippen molar-refractivity contribution < 1.29 is 13.9 Å². The predicted molar refractivity (Wildman–Crippen MR) is 59.5 cm³/mol. The lowest BCUT2D eigenvalue weighted by Gasteiger charge is -2.00. The summed E-state index contributed by atoms with van der Waals surface area (Å²) in [5, 5.41) is 5.93. The normalized spacial score (nSPS) is 16.0. The van der Waals surface area contributed by atoms with Crippen LogP contribution in [0.1, 0.15) is 12.4 Å². The molecule has 2 aromatic heterocycles.